The lowest BCUT2D eigenvalue weighted by atomic mass is 10.1. The average Bonchev–Trinajstić information content (AvgIpc) is 3.25. The fraction of sp³-hybridized carbons (Fsp3) is 0.357. The molecule has 1 heterocycles. The molecule has 1 aliphatic rings. The summed E-state index contributed by atoms with van der Waals surface area (Å²) in [6.45, 7) is 4.34. The number of hydrogen-bond donors (Lipinski definition) is 2. The summed E-state index contributed by atoms with van der Waals surface area (Å²) in [5, 5.41) is 5.49. The molecule has 0 saturated heterocycles. The molecule has 5 nitrogen and oxygen atoms in total. The Labute approximate surface area is 112 Å². The first-order valence-electron chi connectivity index (χ1n) is 6.25. The van der Waals surface area contributed by atoms with Crippen LogP contribution in [-0.2, 0) is 16.1 Å². The Bertz CT molecular complexity index is 481. The zero-order chi connectivity index (χ0) is 13.7. The summed E-state index contributed by atoms with van der Waals surface area (Å²) in [4.78, 5) is 27.9. The lowest BCUT2D eigenvalue weighted by Crippen LogP contribution is -2.42. The highest BCUT2D eigenvalue weighted by Gasteiger charge is 2.56. The standard InChI is InChI=1S/C14H17N3O2/c1-2-7-16-12(18)14(5-6-14)13(19)17-10-11-3-8-15-9-4-11/h2-4,8-9H,1,5-7,10H2,(H,16,18)(H,17,19). The van der Waals surface area contributed by atoms with E-state index in [0.717, 1.165) is 5.56 Å². The van der Waals surface area contributed by atoms with Gasteiger partial charge in [0.1, 0.15) is 5.41 Å². The molecule has 2 N–H and O–H groups in total. The van der Waals surface area contributed by atoms with Crippen LogP contribution in [0.5, 0.6) is 0 Å². The third-order valence-corrected chi connectivity index (χ3v) is 3.23. The van der Waals surface area contributed by atoms with E-state index in [9.17, 15) is 9.59 Å². The number of carbonyl (C=O) groups excluding carboxylic acids is 2. The highest BCUT2D eigenvalue weighted by atomic mass is 16.2. The second-order valence-electron chi connectivity index (χ2n) is 4.62. The molecule has 1 saturated carbocycles. The Balaban J connectivity index is 1.89. The summed E-state index contributed by atoms with van der Waals surface area (Å²) < 4.78 is 0. The molecule has 0 radical (unpaired) electrons. The van der Waals surface area contributed by atoms with Gasteiger partial charge in [-0.05, 0) is 30.5 Å². The van der Waals surface area contributed by atoms with Crippen molar-refractivity contribution in [3.05, 3.63) is 42.7 Å². The van der Waals surface area contributed by atoms with E-state index in [2.05, 4.69) is 22.2 Å². The van der Waals surface area contributed by atoms with E-state index in [1.54, 1.807) is 18.5 Å². The second-order valence-corrected chi connectivity index (χ2v) is 4.62. The maximum atomic E-state index is 12.1. The molecule has 0 spiro atoms. The Morgan fingerprint density at radius 3 is 2.47 bits per heavy atom. The van der Waals surface area contributed by atoms with Gasteiger partial charge < -0.3 is 10.6 Å². The molecule has 100 valence electrons. The molecule has 0 atom stereocenters. The van der Waals surface area contributed by atoms with Crippen molar-refractivity contribution < 1.29 is 9.59 Å². The van der Waals surface area contributed by atoms with Gasteiger partial charge in [0.25, 0.3) is 0 Å². The van der Waals surface area contributed by atoms with E-state index in [4.69, 9.17) is 0 Å². The Hall–Kier alpha value is -2.17. The number of carbonyl (C=O) groups is 2. The summed E-state index contributed by atoms with van der Waals surface area (Å²) in [6.07, 6.45) is 6.16. The van der Waals surface area contributed by atoms with Crippen LogP contribution >= 0.6 is 0 Å². The van der Waals surface area contributed by atoms with Crippen molar-refractivity contribution in [2.24, 2.45) is 5.41 Å². The number of hydrogen-bond acceptors (Lipinski definition) is 3. The van der Waals surface area contributed by atoms with Gasteiger partial charge in [0, 0.05) is 25.5 Å². The normalized spacial score (nSPS) is 15.4. The minimum atomic E-state index is -0.865. The van der Waals surface area contributed by atoms with E-state index in [-0.39, 0.29) is 11.8 Å². The van der Waals surface area contributed by atoms with E-state index in [1.165, 1.54) is 0 Å². The van der Waals surface area contributed by atoms with Gasteiger partial charge in [0.15, 0.2) is 0 Å². The van der Waals surface area contributed by atoms with E-state index < -0.39 is 5.41 Å². The SMILES string of the molecule is C=CCNC(=O)C1(C(=O)NCc2ccncc2)CC1. The fourth-order valence-electron chi connectivity index (χ4n) is 1.87. The summed E-state index contributed by atoms with van der Waals surface area (Å²) >= 11 is 0. The number of nitrogens with zero attached hydrogens (tertiary/aromatic N) is 1. The highest BCUT2D eigenvalue weighted by Crippen LogP contribution is 2.46. The number of nitrogens with one attached hydrogen (secondary N) is 2. The van der Waals surface area contributed by atoms with Crippen LogP contribution in [0.15, 0.2) is 37.2 Å². The van der Waals surface area contributed by atoms with E-state index in [1.807, 2.05) is 12.1 Å². The molecule has 0 aromatic carbocycles. The van der Waals surface area contributed by atoms with Crippen LogP contribution in [-0.4, -0.2) is 23.3 Å². The molecule has 1 aromatic heterocycles. The molecule has 1 aromatic rings. The first-order valence-corrected chi connectivity index (χ1v) is 6.25. The minimum Gasteiger partial charge on any atom is -0.352 e. The Morgan fingerprint density at radius 2 is 1.89 bits per heavy atom. The lowest BCUT2D eigenvalue weighted by Gasteiger charge is -2.14. The number of amides is 2. The maximum absolute atomic E-state index is 12.1. The van der Waals surface area contributed by atoms with Crippen molar-refractivity contribution in [3.8, 4) is 0 Å². The third kappa shape index (κ3) is 2.99. The number of pyridine rings is 1. The van der Waals surface area contributed by atoms with Crippen LogP contribution < -0.4 is 10.6 Å². The topological polar surface area (TPSA) is 71.1 Å². The van der Waals surface area contributed by atoms with E-state index in [0.29, 0.717) is 25.9 Å². The molecule has 0 aliphatic heterocycles. The molecule has 0 bridgehead atoms. The third-order valence-electron chi connectivity index (χ3n) is 3.23. The Kier molecular flexibility index (Phi) is 3.94. The summed E-state index contributed by atoms with van der Waals surface area (Å²) in [5.41, 5.74) is 0.0985. The van der Waals surface area contributed by atoms with Gasteiger partial charge in [0.05, 0.1) is 0 Å². The molecular formula is C14H17N3O2. The van der Waals surface area contributed by atoms with Gasteiger partial charge in [-0.1, -0.05) is 6.08 Å². The molecular weight excluding hydrogens is 242 g/mol. The Morgan fingerprint density at radius 1 is 1.26 bits per heavy atom. The molecule has 19 heavy (non-hydrogen) atoms. The molecule has 1 fully saturated rings. The first kappa shape index (κ1) is 13.3. The molecule has 5 heteroatoms. The van der Waals surface area contributed by atoms with Gasteiger partial charge in [-0.3, -0.25) is 14.6 Å². The number of aromatic nitrogens is 1. The smallest absolute Gasteiger partial charge is 0.235 e. The zero-order valence-corrected chi connectivity index (χ0v) is 10.7. The largest absolute Gasteiger partial charge is 0.352 e. The maximum Gasteiger partial charge on any atom is 0.235 e. The van der Waals surface area contributed by atoms with Crippen molar-refractivity contribution in [3.63, 3.8) is 0 Å². The van der Waals surface area contributed by atoms with Gasteiger partial charge in [-0.2, -0.15) is 0 Å². The summed E-state index contributed by atoms with van der Waals surface area (Å²) in [7, 11) is 0. The molecule has 2 amide bonds. The second kappa shape index (κ2) is 5.65. The average molecular weight is 259 g/mol. The number of rotatable bonds is 6. The summed E-state index contributed by atoms with van der Waals surface area (Å²) in [5.74, 6) is -0.412. The lowest BCUT2D eigenvalue weighted by molar-refractivity contribution is -0.137. The van der Waals surface area contributed by atoms with Gasteiger partial charge >= 0.3 is 0 Å². The van der Waals surface area contributed by atoms with Crippen LogP contribution in [0.2, 0.25) is 0 Å². The quantitative estimate of drug-likeness (QED) is 0.586. The fourth-order valence-corrected chi connectivity index (χ4v) is 1.87. The van der Waals surface area contributed by atoms with Gasteiger partial charge in [-0.15, -0.1) is 6.58 Å². The minimum absolute atomic E-state index is 0.203. The predicted octanol–water partition coefficient (Wildman–Crippen LogP) is 0.780. The molecule has 0 unspecified atom stereocenters. The van der Waals surface area contributed by atoms with Crippen molar-refractivity contribution in [2.45, 2.75) is 19.4 Å². The molecule has 1 aliphatic carbocycles. The zero-order valence-electron chi connectivity index (χ0n) is 10.7. The van der Waals surface area contributed by atoms with Crippen LogP contribution in [0.25, 0.3) is 0 Å². The monoisotopic (exact) mass is 259 g/mol. The van der Waals surface area contributed by atoms with Crippen LogP contribution in [0.3, 0.4) is 0 Å². The predicted molar refractivity (Wildman–Crippen MR) is 71.0 cm³/mol. The van der Waals surface area contributed by atoms with Crippen molar-refractivity contribution in [1.82, 2.24) is 15.6 Å². The highest BCUT2D eigenvalue weighted by molar-refractivity contribution is 6.07. The van der Waals surface area contributed by atoms with Crippen molar-refractivity contribution >= 4 is 11.8 Å². The van der Waals surface area contributed by atoms with Crippen LogP contribution in [0, 0.1) is 5.41 Å². The van der Waals surface area contributed by atoms with Gasteiger partial charge in [0.2, 0.25) is 11.8 Å². The van der Waals surface area contributed by atoms with Crippen LogP contribution in [0.4, 0.5) is 0 Å². The van der Waals surface area contributed by atoms with Crippen molar-refractivity contribution in [1.29, 1.82) is 0 Å². The van der Waals surface area contributed by atoms with Crippen molar-refractivity contribution in [2.75, 3.05) is 6.54 Å². The van der Waals surface area contributed by atoms with E-state index >= 15 is 0 Å². The van der Waals surface area contributed by atoms with Crippen LogP contribution in [0.1, 0.15) is 18.4 Å². The summed E-state index contributed by atoms with van der Waals surface area (Å²) in [6, 6.07) is 3.66. The van der Waals surface area contributed by atoms with Gasteiger partial charge in [-0.25, -0.2) is 0 Å². The molecule has 2 rings (SSSR count). The first-order chi connectivity index (χ1) is 9.19.